The number of fused-ring (bicyclic) bond motifs is 1. The lowest BCUT2D eigenvalue weighted by Crippen LogP contribution is -2.30. The van der Waals surface area contributed by atoms with Crippen LogP contribution in [-0.4, -0.2) is 20.2 Å². The fourth-order valence-electron chi connectivity index (χ4n) is 3.21. The van der Waals surface area contributed by atoms with Crippen LogP contribution in [0.3, 0.4) is 0 Å². The topological polar surface area (TPSA) is 105 Å². The molecular formula is C23H18N2O5S. The van der Waals surface area contributed by atoms with Gasteiger partial charge in [0.15, 0.2) is 5.76 Å². The quantitative estimate of drug-likeness (QED) is 0.490. The Bertz CT molecular complexity index is 1390. The highest BCUT2D eigenvalue weighted by atomic mass is 32.2. The number of anilines is 1. The zero-order valence-corrected chi connectivity index (χ0v) is 17.3. The van der Waals surface area contributed by atoms with E-state index in [4.69, 9.17) is 4.42 Å². The van der Waals surface area contributed by atoms with Crippen LogP contribution in [0.5, 0.6) is 0 Å². The predicted octanol–water partition coefficient (Wildman–Crippen LogP) is 4.18. The molecule has 0 saturated carbocycles. The van der Waals surface area contributed by atoms with Crippen molar-refractivity contribution < 1.29 is 22.4 Å². The molecule has 0 unspecified atom stereocenters. The molecule has 1 heterocycles. The van der Waals surface area contributed by atoms with Gasteiger partial charge in [0.05, 0.1) is 4.90 Å². The van der Waals surface area contributed by atoms with E-state index in [1.54, 1.807) is 60.7 Å². The number of furan rings is 1. The normalized spacial score (nSPS) is 11.3. The molecule has 2 amide bonds. The molecule has 0 atom stereocenters. The Hall–Kier alpha value is -3.91. The number of nitrogens with one attached hydrogen (secondary N) is 2. The maximum atomic E-state index is 13.0. The fourth-order valence-corrected chi connectivity index (χ4v) is 4.40. The Morgan fingerprint density at radius 1 is 0.871 bits per heavy atom. The van der Waals surface area contributed by atoms with Crippen LogP contribution in [0.25, 0.3) is 22.1 Å². The summed E-state index contributed by atoms with van der Waals surface area (Å²) < 4.78 is 33.6. The first-order chi connectivity index (χ1) is 14.8. The minimum Gasteiger partial charge on any atom is -0.451 e. The summed E-state index contributed by atoms with van der Waals surface area (Å²) >= 11 is 0. The maximum Gasteiger partial charge on any atom is 0.300 e. The molecule has 4 aromatic rings. The second-order valence-corrected chi connectivity index (χ2v) is 8.49. The molecule has 0 radical (unpaired) electrons. The van der Waals surface area contributed by atoms with Gasteiger partial charge in [-0.15, -0.1) is 0 Å². The molecular weight excluding hydrogens is 416 g/mol. The van der Waals surface area contributed by atoms with Crippen LogP contribution in [0.4, 0.5) is 5.69 Å². The summed E-state index contributed by atoms with van der Waals surface area (Å²) in [6, 6.07) is 21.8. The summed E-state index contributed by atoms with van der Waals surface area (Å²) in [6.07, 6.45) is 0. The lowest BCUT2D eigenvalue weighted by molar-refractivity contribution is -0.114. The lowest BCUT2D eigenvalue weighted by atomic mass is 10.1. The third-order valence-electron chi connectivity index (χ3n) is 4.55. The van der Waals surface area contributed by atoms with Crippen LogP contribution in [0.15, 0.2) is 88.2 Å². The monoisotopic (exact) mass is 434 g/mol. The van der Waals surface area contributed by atoms with Crippen molar-refractivity contribution in [2.24, 2.45) is 0 Å². The second kappa shape index (κ2) is 8.08. The fraction of sp³-hybridized carbons (Fsp3) is 0.0435. The first kappa shape index (κ1) is 20.4. The van der Waals surface area contributed by atoms with E-state index in [1.807, 2.05) is 6.07 Å². The number of benzene rings is 3. The van der Waals surface area contributed by atoms with Gasteiger partial charge < -0.3 is 9.73 Å². The van der Waals surface area contributed by atoms with Crippen molar-refractivity contribution in [1.29, 1.82) is 0 Å². The Morgan fingerprint density at radius 3 is 2.32 bits per heavy atom. The van der Waals surface area contributed by atoms with E-state index in [0.717, 1.165) is 0 Å². The standard InChI is InChI=1S/C23H18N2O5S/c1-15(26)24-18-12-11-17-13-21(30-20(17)14-18)23(27)25-31(28,29)22-10-6-5-9-19(22)16-7-3-2-4-8-16/h2-14H,1H3,(H,24,26)(H,25,27). The molecule has 0 spiro atoms. The third-order valence-corrected chi connectivity index (χ3v) is 5.94. The molecule has 2 N–H and O–H groups in total. The maximum absolute atomic E-state index is 13.0. The molecule has 3 aromatic carbocycles. The number of hydrogen-bond donors (Lipinski definition) is 2. The van der Waals surface area contributed by atoms with Gasteiger partial charge in [-0.2, -0.15) is 0 Å². The van der Waals surface area contributed by atoms with Crippen LogP contribution in [0.1, 0.15) is 17.5 Å². The summed E-state index contributed by atoms with van der Waals surface area (Å²) in [5, 5.41) is 3.22. The molecule has 4 rings (SSSR count). The van der Waals surface area contributed by atoms with Gasteiger partial charge in [0.2, 0.25) is 5.91 Å². The molecule has 156 valence electrons. The Morgan fingerprint density at radius 2 is 1.58 bits per heavy atom. The number of amides is 2. The highest BCUT2D eigenvalue weighted by Gasteiger charge is 2.24. The van der Waals surface area contributed by atoms with E-state index < -0.39 is 15.9 Å². The molecule has 0 bridgehead atoms. The van der Waals surface area contributed by atoms with Crippen LogP contribution in [0.2, 0.25) is 0 Å². The van der Waals surface area contributed by atoms with E-state index in [0.29, 0.717) is 27.8 Å². The molecule has 8 heteroatoms. The van der Waals surface area contributed by atoms with Gasteiger partial charge in [-0.1, -0.05) is 48.5 Å². The second-order valence-electron chi connectivity index (χ2n) is 6.84. The molecule has 0 aliphatic rings. The van der Waals surface area contributed by atoms with Crippen molar-refractivity contribution in [1.82, 2.24) is 4.72 Å². The Kier molecular flexibility index (Phi) is 5.31. The molecule has 7 nitrogen and oxygen atoms in total. The zero-order chi connectivity index (χ0) is 22.0. The summed E-state index contributed by atoms with van der Waals surface area (Å²) in [6.45, 7) is 1.38. The van der Waals surface area contributed by atoms with Gasteiger partial charge in [-0.3, -0.25) is 9.59 Å². The first-order valence-electron chi connectivity index (χ1n) is 9.36. The number of carbonyl (C=O) groups excluding carboxylic acids is 2. The summed E-state index contributed by atoms with van der Waals surface area (Å²) in [4.78, 5) is 23.9. The van der Waals surface area contributed by atoms with E-state index in [9.17, 15) is 18.0 Å². The van der Waals surface area contributed by atoms with Crippen molar-refractivity contribution in [2.75, 3.05) is 5.32 Å². The molecule has 0 aliphatic heterocycles. The van der Waals surface area contributed by atoms with Gasteiger partial charge in [0.1, 0.15) is 5.58 Å². The van der Waals surface area contributed by atoms with Crippen molar-refractivity contribution in [3.05, 3.63) is 84.6 Å². The first-order valence-corrected chi connectivity index (χ1v) is 10.8. The van der Waals surface area contributed by atoms with Crippen LogP contribution in [0, 0.1) is 0 Å². The van der Waals surface area contributed by atoms with Crippen molar-refractivity contribution >= 4 is 38.5 Å². The van der Waals surface area contributed by atoms with Crippen LogP contribution >= 0.6 is 0 Å². The minimum absolute atomic E-state index is 0.0152. The summed E-state index contributed by atoms with van der Waals surface area (Å²) in [5.74, 6) is -1.29. The van der Waals surface area contributed by atoms with Crippen molar-refractivity contribution in [3.8, 4) is 11.1 Å². The van der Waals surface area contributed by atoms with Crippen molar-refractivity contribution in [2.45, 2.75) is 11.8 Å². The van der Waals surface area contributed by atoms with Gasteiger partial charge in [-0.25, -0.2) is 13.1 Å². The molecule has 1 aromatic heterocycles. The number of hydrogen-bond acceptors (Lipinski definition) is 5. The summed E-state index contributed by atoms with van der Waals surface area (Å²) in [5.41, 5.74) is 2.04. The van der Waals surface area contributed by atoms with Gasteiger partial charge >= 0.3 is 5.91 Å². The average molecular weight is 434 g/mol. The van der Waals surface area contributed by atoms with E-state index in [2.05, 4.69) is 10.0 Å². The van der Waals surface area contributed by atoms with Crippen LogP contribution < -0.4 is 10.0 Å². The van der Waals surface area contributed by atoms with Crippen LogP contribution in [-0.2, 0) is 14.8 Å². The van der Waals surface area contributed by atoms with E-state index in [-0.39, 0.29) is 16.6 Å². The van der Waals surface area contributed by atoms with E-state index in [1.165, 1.54) is 19.1 Å². The largest absolute Gasteiger partial charge is 0.451 e. The average Bonchev–Trinajstić information content (AvgIpc) is 3.17. The minimum atomic E-state index is -4.16. The predicted molar refractivity (Wildman–Crippen MR) is 117 cm³/mol. The zero-order valence-electron chi connectivity index (χ0n) is 16.5. The third kappa shape index (κ3) is 4.34. The smallest absolute Gasteiger partial charge is 0.300 e. The Labute approximate surface area is 178 Å². The molecule has 0 saturated heterocycles. The van der Waals surface area contributed by atoms with Crippen molar-refractivity contribution in [3.63, 3.8) is 0 Å². The SMILES string of the molecule is CC(=O)Nc1ccc2cc(C(=O)NS(=O)(=O)c3ccccc3-c3ccccc3)oc2c1. The lowest BCUT2D eigenvalue weighted by Gasteiger charge is -2.11. The Balaban J connectivity index is 1.64. The molecule has 0 fully saturated rings. The van der Waals surface area contributed by atoms with E-state index >= 15 is 0 Å². The number of carbonyl (C=O) groups is 2. The molecule has 31 heavy (non-hydrogen) atoms. The number of sulfonamides is 1. The summed E-state index contributed by atoms with van der Waals surface area (Å²) in [7, 11) is -4.16. The highest BCUT2D eigenvalue weighted by molar-refractivity contribution is 7.90. The molecule has 0 aliphatic carbocycles. The van der Waals surface area contributed by atoms with Gasteiger partial charge in [0.25, 0.3) is 10.0 Å². The highest BCUT2D eigenvalue weighted by Crippen LogP contribution is 2.28. The number of rotatable bonds is 5. The van der Waals surface area contributed by atoms with Gasteiger partial charge in [-0.05, 0) is 29.8 Å². The van der Waals surface area contributed by atoms with Gasteiger partial charge in [0, 0.05) is 29.6 Å².